The van der Waals surface area contributed by atoms with Crippen molar-refractivity contribution < 1.29 is 14.1 Å². The Labute approximate surface area is 187 Å². The highest BCUT2D eigenvalue weighted by atomic mass is 16.5. The molecule has 0 spiro atoms. The van der Waals surface area contributed by atoms with E-state index < -0.39 is 0 Å². The first kappa shape index (κ1) is 38.0. The van der Waals surface area contributed by atoms with Crippen LogP contribution in [0, 0.1) is 0 Å². The normalized spacial score (nSPS) is 8.53. The summed E-state index contributed by atoms with van der Waals surface area (Å²) in [4.78, 5) is 15.3. The summed E-state index contributed by atoms with van der Waals surface area (Å²) in [6.07, 6.45) is 3.65. The monoisotopic (exact) mass is 421 g/mol. The molecule has 1 N–H and O–H groups in total. The number of H-pyrrole nitrogens is 1. The topological polar surface area (TPSA) is 46.0 Å². The van der Waals surface area contributed by atoms with Gasteiger partial charge in [-0.2, -0.15) is 0 Å². The molecule has 174 valence electrons. The van der Waals surface area contributed by atoms with Gasteiger partial charge in [-0.3, -0.25) is 0 Å². The van der Waals surface area contributed by atoms with Crippen LogP contribution in [0.15, 0.2) is 48.8 Å². The van der Waals surface area contributed by atoms with E-state index in [1.807, 2.05) is 30.1 Å². The highest BCUT2D eigenvalue weighted by Crippen LogP contribution is 2.22. The average Bonchev–Trinajstić information content (AvgIpc) is 2.95. The number of rotatable bonds is 4. The van der Waals surface area contributed by atoms with Crippen LogP contribution in [0.5, 0.6) is 0 Å². The van der Waals surface area contributed by atoms with Crippen LogP contribution < -0.4 is 4.57 Å². The number of carbonyl (C=O) groups is 1. The molecule has 2 aromatic heterocycles. The predicted molar refractivity (Wildman–Crippen MR) is 136 cm³/mol. The second-order valence-corrected chi connectivity index (χ2v) is 6.12. The van der Waals surface area contributed by atoms with Gasteiger partial charge in [0.25, 0.3) is 0 Å². The first-order valence-corrected chi connectivity index (χ1v) is 7.77. The van der Waals surface area contributed by atoms with Crippen molar-refractivity contribution in [2.24, 2.45) is 7.05 Å². The van der Waals surface area contributed by atoms with E-state index >= 15 is 0 Å². The number of hydrogen-bond donors (Lipinski definition) is 1. The molecule has 4 heteroatoms. The number of esters is 1. The molecule has 0 aliphatic heterocycles. The van der Waals surface area contributed by atoms with Crippen molar-refractivity contribution in [2.45, 2.75) is 78.4 Å². The third-order valence-corrected chi connectivity index (χ3v) is 3.94. The summed E-state index contributed by atoms with van der Waals surface area (Å²) < 4.78 is 7.26. The van der Waals surface area contributed by atoms with Crippen molar-refractivity contribution in [3.63, 3.8) is 0 Å². The molecule has 0 atom stereocenters. The molecular formula is C26H49N2O2+. The smallest absolute Gasteiger partial charge is 0.338 e. The number of hydrogen-bond acceptors (Lipinski definition) is 2. The number of aromatic nitrogens is 2. The van der Waals surface area contributed by atoms with Crippen LogP contribution in [0.2, 0.25) is 0 Å². The zero-order chi connectivity index (χ0) is 16.4. The Morgan fingerprint density at radius 3 is 2.03 bits per heavy atom. The Balaban J connectivity index is -0.000000298. The summed E-state index contributed by atoms with van der Waals surface area (Å²) in [5.41, 5.74) is 3.82. The molecule has 3 aromatic rings. The number of fused-ring (bicyclic) bond motifs is 1. The van der Waals surface area contributed by atoms with Crippen molar-refractivity contribution in [3.05, 3.63) is 65.6 Å². The third-order valence-electron chi connectivity index (χ3n) is 3.94. The van der Waals surface area contributed by atoms with Gasteiger partial charge in [0, 0.05) is 23.0 Å². The molecule has 0 saturated heterocycles. The van der Waals surface area contributed by atoms with Gasteiger partial charge in [-0.05, 0) is 29.7 Å². The van der Waals surface area contributed by atoms with E-state index in [1.54, 1.807) is 12.1 Å². The molecule has 0 bridgehead atoms. The first-order valence-electron chi connectivity index (χ1n) is 7.77. The van der Waals surface area contributed by atoms with E-state index in [0.29, 0.717) is 11.5 Å². The molecule has 0 amide bonds. The zero-order valence-corrected chi connectivity index (χ0v) is 13.7. The van der Waals surface area contributed by atoms with Crippen LogP contribution in [0.1, 0.15) is 93.4 Å². The fourth-order valence-corrected chi connectivity index (χ4v) is 2.51. The van der Waals surface area contributed by atoms with Gasteiger partial charge in [-0.1, -0.05) is 71.9 Å². The lowest BCUT2D eigenvalue weighted by Gasteiger charge is -2.03. The molecular weight excluding hydrogens is 372 g/mol. The van der Waals surface area contributed by atoms with Crippen molar-refractivity contribution in [3.8, 4) is 0 Å². The maximum Gasteiger partial charge on any atom is 0.338 e. The second kappa shape index (κ2) is 16.2. The minimum absolute atomic E-state index is 0. The first-order chi connectivity index (χ1) is 11.0. The van der Waals surface area contributed by atoms with Crippen LogP contribution in [0.4, 0.5) is 0 Å². The van der Waals surface area contributed by atoms with E-state index in [2.05, 4.69) is 37.0 Å². The fraction of sp³-hybridized carbons (Fsp3) is 0.462. The van der Waals surface area contributed by atoms with E-state index in [0.717, 1.165) is 16.6 Å². The van der Waals surface area contributed by atoms with Gasteiger partial charge >= 0.3 is 5.97 Å². The number of benzene rings is 1. The Morgan fingerprint density at radius 1 is 0.933 bits per heavy atom. The third kappa shape index (κ3) is 8.81. The Bertz CT molecular complexity index is 834. The zero-order valence-electron chi connectivity index (χ0n) is 13.7. The molecule has 3 rings (SSSR count). The largest absolute Gasteiger partial charge is 0.456 e. The SMILES string of the molecule is C.C.C.C.C.C.C.CC(C)c1ccc2[nH]c(COC(=O)c3cc[n+](C)cc3)cc2c1. The molecule has 4 nitrogen and oxygen atoms in total. The number of nitrogens with one attached hydrogen (secondary N) is 1. The van der Waals surface area contributed by atoms with Gasteiger partial charge in [0.2, 0.25) is 0 Å². The molecule has 0 aliphatic rings. The standard InChI is InChI=1S/C19H20N2O2.7CH4/c1-13(2)15-4-5-18-16(10-15)11-17(20-18)12-23-19(22)14-6-8-21(3)9-7-14;;;;;;;/h4-11,13H,12H2,1-3H3;7*1H4/p+1. The molecule has 30 heavy (non-hydrogen) atoms. The van der Waals surface area contributed by atoms with Crippen LogP contribution >= 0.6 is 0 Å². The summed E-state index contributed by atoms with van der Waals surface area (Å²) in [6, 6.07) is 11.9. The van der Waals surface area contributed by atoms with Gasteiger partial charge in [0.1, 0.15) is 13.7 Å². The Hall–Kier alpha value is -2.62. The lowest BCUT2D eigenvalue weighted by Crippen LogP contribution is -2.26. The summed E-state index contributed by atoms with van der Waals surface area (Å²) in [5, 5.41) is 1.15. The lowest BCUT2D eigenvalue weighted by atomic mass is 10.0. The van der Waals surface area contributed by atoms with Gasteiger partial charge < -0.3 is 9.72 Å². The summed E-state index contributed by atoms with van der Waals surface area (Å²) in [7, 11) is 1.91. The number of nitrogens with zero attached hydrogens (tertiary/aromatic N) is 1. The molecule has 0 unspecified atom stereocenters. The van der Waals surface area contributed by atoms with Crippen molar-refractivity contribution in [2.75, 3.05) is 0 Å². The summed E-state index contributed by atoms with van der Waals surface area (Å²) in [5.74, 6) is 0.183. The quantitative estimate of drug-likeness (QED) is 0.343. The van der Waals surface area contributed by atoms with E-state index in [4.69, 9.17) is 4.74 Å². The van der Waals surface area contributed by atoms with E-state index in [1.165, 1.54) is 5.56 Å². The van der Waals surface area contributed by atoms with Gasteiger partial charge in [-0.15, -0.1) is 0 Å². The summed E-state index contributed by atoms with van der Waals surface area (Å²) in [6.45, 7) is 4.60. The van der Waals surface area contributed by atoms with Crippen molar-refractivity contribution in [1.29, 1.82) is 0 Å². The molecule has 1 aromatic carbocycles. The molecule has 0 fully saturated rings. The Kier molecular flexibility index (Phi) is 20.6. The maximum absolute atomic E-state index is 12.0. The van der Waals surface area contributed by atoms with E-state index in [9.17, 15) is 4.79 Å². The predicted octanol–water partition coefficient (Wildman–Crippen LogP) is 7.93. The van der Waals surface area contributed by atoms with Gasteiger partial charge in [0.05, 0.1) is 11.3 Å². The van der Waals surface area contributed by atoms with Gasteiger partial charge in [-0.25, -0.2) is 9.36 Å². The van der Waals surface area contributed by atoms with E-state index in [-0.39, 0.29) is 64.6 Å². The lowest BCUT2D eigenvalue weighted by molar-refractivity contribution is -0.671. The van der Waals surface area contributed by atoms with Crippen LogP contribution in [0.3, 0.4) is 0 Å². The number of pyridine rings is 1. The maximum atomic E-state index is 12.0. The highest BCUT2D eigenvalue weighted by molar-refractivity contribution is 5.89. The Morgan fingerprint density at radius 2 is 1.50 bits per heavy atom. The van der Waals surface area contributed by atoms with Crippen LogP contribution in [-0.2, 0) is 18.4 Å². The minimum Gasteiger partial charge on any atom is -0.456 e. The molecule has 2 heterocycles. The molecule has 0 aliphatic carbocycles. The average molecular weight is 422 g/mol. The highest BCUT2D eigenvalue weighted by Gasteiger charge is 2.10. The minimum atomic E-state index is -0.313. The van der Waals surface area contributed by atoms with Crippen molar-refractivity contribution >= 4 is 16.9 Å². The number of ether oxygens (including phenoxy) is 1. The summed E-state index contributed by atoms with van der Waals surface area (Å²) >= 11 is 0. The number of aromatic amines is 1. The van der Waals surface area contributed by atoms with Crippen LogP contribution in [0.25, 0.3) is 10.9 Å². The molecule has 0 radical (unpaired) electrons. The number of carbonyl (C=O) groups excluding carboxylic acids is 1. The van der Waals surface area contributed by atoms with Gasteiger partial charge in [0.15, 0.2) is 12.4 Å². The fourth-order valence-electron chi connectivity index (χ4n) is 2.51. The van der Waals surface area contributed by atoms with Crippen LogP contribution in [-0.4, -0.2) is 11.0 Å². The number of aryl methyl sites for hydroxylation is 1. The molecule has 0 saturated carbocycles. The second-order valence-electron chi connectivity index (χ2n) is 6.12. The van der Waals surface area contributed by atoms with Crippen molar-refractivity contribution in [1.82, 2.24) is 4.98 Å².